The van der Waals surface area contributed by atoms with Crippen LogP contribution < -0.4 is 5.32 Å². The summed E-state index contributed by atoms with van der Waals surface area (Å²) in [4.78, 5) is 6.03. The molecule has 1 unspecified atom stereocenters. The summed E-state index contributed by atoms with van der Waals surface area (Å²) in [5.74, 6) is 0. The molecule has 0 saturated heterocycles. The summed E-state index contributed by atoms with van der Waals surface area (Å²) in [6, 6.07) is 0.235. The van der Waals surface area contributed by atoms with Gasteiger partial charge in [0, 0.05) is 10.3 Å². The van der Waals surface area contributed by atoms with Crippen LogP contribution in [0.25, 0.3) is 0 Å². The van der Waals surface area contributed by atoms with Crippen molar-refractivity contribution in [2.45, 2.75) is 59.9 Å². The van der Waals surface area contributed by atoms with Crippen molar-refractivity contribution in [3.63, 3.8) is 0 Å². The van der Waals surface area contributed by atoms with Gasteiger partial charge in [-0.1, -0.05) is 20.8 Å². The molecule has 4 nitrogen and oxygen atoms in total. The molecule has 2 heterocycles. The Morgan fingerprint density at radius 2 is 1.80 bits per heavy atom. The first kappa shape index (κ1) is 15.0. The summed E-state index contributed by atoms with van der Waals surface area (Å²) in [5, 5.41) is 12.0. The van der Waals surface area contributed by atoms with E-state index in [1.54, 1.807) is 11.3 Å². The maximum absolute atomic E-state index is 4.73. The highest BCUT2D eigenvalue weighted by molar-refractivity contribution is 7.12. The predicted octanol–water partition coefficient (Wildman–Crippen LogP) is 4.26. The lowest BCUT2D eigenvalue weighted by Crippen LogP contribution is -2.10. The first-order valence-electron chi connectivity index (χ1n) is 6.96. The molecule has 1 atom stereocenters. The van der Waals surface area contributed by atoms with Crippen molar-refractivity contribution >= 4 is 17.0 Å². The number of aromatic nitrogens is 3. The van der Waals surface area contributed by atoms with Crippen LogP contribution in [0.5, 0.6) is 0 Å². The number of hydrogen-bond acceptors (Lipinski definition) is 4. The number of aromatic amines is 1. The molecule has 0 bridgehead atoms. The lowest BCUT2D eigenvalue weighted by molar-refractivity contribution is 0.584. The van der Waals surface area contributed by atoms with E-state index in [2.05, 4.69) is 50.1 Å². The van der Waals surface area contributed by atoms with Gasteiger partial charge < -0.3 is 5.32 Å². The van der Waals surface area contributed by atoms with Crippen molar-refractivity contribution < 1.29 is 0 Å². The highest BCUT2D eigenvalue weighted by atomic mass is 32.1. The third kappa shape index (κ3) is 2.87. The van der Waals surface area contributed by atoms with E-state index in [-0.39, 0.29) is 11.5 Å². The Hall–Kier alpha value is -1.36. The molecule has 0 aliphatic carbocycles. The van der Waals surface area contributed by atoms with Crippen molar-refractivity contribution in [1.29, 1.82) is 0 Å². The number of nitrogens with zero attached hydrogens (tertiary/aromatic N) is 2. The minimum Gasteiger partial charge on any atom is -0.375 e. The summed E-state index contributed by atoms with van der Waals surface area (Å²) < 4.78 is 0. The number of nitrogens with one attached hydrogen (secondary N) is 2. The minimum atomic E-state index is 0.106. The molecule has 20 heavy (non-hydrogen) atoms. The van der Waals surface area contributed by atoms with Gasteiger partial charge in [0.2, 0.25) is 0 Å². The van der Waals surface area contributed by atoms with Crippen LogP contribution in [0.15, 0.2) is 0 Å². The van der Waals surface area contributed by atoms with Gasteiger partial charge in [-0.15, -0.1) is 11.3 Å². The molecule has 2 N–H and O–H groups in total. The number of thiazole rings is 1. The summed E-state index contributed by atoms with van der Waals surface area (Å²) in [6.07, 6.45) is 0. The van der Waals surface area contributed by atoms with Crippen molar-refractivity contribution in [2.75, 3.05) is 5.32 Å². The van der Waals surface area contributed by atoms with Crippen LogP contribution in [0.3, 0.4) is 0 Å². The molecule has 0 spiro atoms. The molecule has 2 rings (SSSR count). The van der Waals surface area contributed by atoms with Gasteiger partial charge in [-0.05, 0) is 27.7 Å². The van der Waals surface area contributed by atoms with E-state index in [9.17, 15) is 0 Å². The zero-order valence-electron chi connectivity index (χ0n) is 13.4. The number of anilines is 1. The molecule has 2 aromatic heterocycles. The fraction of sp³-hybridized carbons (Fsp3) is 0.600. The van der Waals surface area contributed by atoms with Crippen LogP contribution in [-0.4, -0.2) is 15.2 Å². The van der Waals surface area contributed by atoms with Crippen LogP contribution >= 0.6 is 11.3 Å². The topological polar surface area (TPSA) is 53.6 Å². The molecular formula is C15H24N4S. The molecule has 0 aliphatic rings. The van der Waals surface area contributed by atoms with Crippen LogP contribution in [0.4, 0.5) is 5.69 Å². The monoisotopic (exact) mass is 292 g/mol. The molecular weight excluding hydrogens is 268 g/mol. The van der Waals surface area contributed by atoms with E-state index in [4.69, 9.17) is 4.98 Å². The number of hydrogen-bond donors (Lipinski definition) is 2. The van der Waals surface area contributed by atoms with E-state index in [1.807, 2.05) is 13.8 Å². The van der Waals surface area contributed by atoms with Gasteiger partial charge in [0.05, 0.1) is 33.8 Å². The van der Waals surface area contributed by atoms with Crippen molar-refractivity contribution in [3.8, 4) is 0 Å². The second-order valence-corrected chi connectivity index (χ2v) is 7.42. The smallest absolute Gasteiger partial charge is 0.0985 e. The quantitative estimate of drug-likeness (QED) is 0.888. The van der Waals surface area contributed by atoms with Crippen LogP contribution in [0.1, 0.15) is 60.7 Å². The molecule has 0 radical (unpaired) electrons. The van der Waals surface area contributed by atoms with E-state index >= 15 is 0 Å². The van der Waals surface area contributed by atoms with Gasteiger partial charge in [0.15, 0.2) is 0 Å². The standard InChI is InChI=1S/C15H24N4S/c1-8-12(9(2)19-18-8)16-10(3)13-11(4)17-14(20-13)15(5,6)7/h10,16H,1-7H3,(H,18,19). The fourth-order valence-electron chi connectivity index (χ4n) is 2.18. The van der Waals surface area contributed by atoms with Gasteiger partial charge in [-0.25, -0.2) is 4.98 Å². The normalized spacial score (nSPS) is 13.6. The van der Waals surface area contributed by atoms with Crippen LogP contribution in [0, 0.1) is 20.8 Å². The maximum atomic E-state index is 4.73. The van der Waals surface area contributed by atoms with Crippen molar-refractivity contribution in [1.82, 2.24) is 15.2 Å². The van der Waals surface area contributed by atoms with Gasteiger partial charge in [0.1, 0.15) is 0 Å². The largest absolute Gasteiger partial charge is 0.375 e. The third-order valence-corrected chi connectivity index (χ3v) is 5.12. The van der Waals surface area contributed by atoms with Crippen molar-refractivity contribution in [3.05, 3.63) is 27.0 Å². The van der Waals surface area contributed by atoms with E-state index in [0.717, 1.165) is 22.8 Å². The van der Waals surface area contributed by atoms with Crippen LogP contribution in [0.2, 0.25) is 0 Å². The molecule has 0 aliphatic heterocycles. The highest BCUT2D eigenvalue weighted by Crippen LogP contribution is 2.34. The number of aryl methyl sites for hydroxylation is 3. The van der Waals surface area contributed by atoms with Crippen molar-refractivity contribution in [2.24, 2.45) is 0 Å². The van der Waals surface area contributed by atoms with E-state index in [1.165, 1.54) is 9.88 Å². The Kier molecular flexibility index (Phi) is 3.91. The first-order chi connectivity index (χ1) is 9.20. The Balaban J connectivity index is 2.26. The summed E-state index contributed by atoms with van der Waals surface area (Å²) >= 11 is 1.80. The first-order valence-corrected chi connectivity index (χ1v) is 7.77. The summed E-state index contributed by atoms with van der Waals surface area (Å²) in [7, 11) is 0. The molecule has 0 fully saturated rings. The Bertz CT molecular complexity index is 584. The average Bonchev–Trinajstić information content (AvgIpc) is 2.86. The van der Waals surface area contributed by atoms with Gasteiger partial charge in [0.25, 0.3) is 0 Å². The zero-order chi connectivity index (χ0) is 15.1. The molecule has 0 aromatic carbocycles. The second kappa shape index (κ2) is 5.20. The molecule has 2 aromatic rings. The Morgan fingerprint density at radius 3 is 2.25 bits per heavy atom. The van der Waals surface area contributed by atoms with Gasteiger partial charge in [-0.2, -0.15) is 5.10 Å². The van der Waals surface area contributed by atoms with Gasteiger partial charge >= 0.3 is 0 Å². The maximum Gasteiger partial charge on any atom is 0.0985 e. The predicted molar refractivity (Wildman–Crippen MR) is 85.7 cm³/mol. The van der Waals surface area contributed by atoms with E-state index < -0.39 is 0 Å². The second-order valence-electron chi connectivity index (χ2n) is 6.39. The molecule has 0 amide bonds. The van der Waals surface area contributed by atoms with Crippen LogP contribution in [-0.2, 0) is 5.41 Å². The lowest BCUT2D eigenvalue weighted by atomic mass is 9.98. The summed E-state index contributed by atoms with van der Waals surface area (Å²) in [5.41, 5.74) is 4.41. The fourth-order valence-corrected chi connectivity index (χ4v) is 3.30. The van der Waals surface area contributed by atoms with Gasteiger partial charge in [-0.3, -0.25) is 5.10 Å². The Morgan fingerprint density at radius 1 is 1.15 bits per heavy atom. The lowest BCUT2D eigenvalue weighted by Gasteiger charge is -2.15. The number of rotatable bonds is 3. The molecule has 110 valence electrons. The summed E-state index contributed by atoms with van der Waals surface area (Å²) in [6.45, 7) is 14.9. The zero-order valence-corrected chi connectivity index (χ0v) is 14.2. The average molecular weight is 292 g/mol. The third-order valence-electron chi connectivity index (χ3n) is 3.36. The highest BCUT2D eigenvalue weighted by Gasteiger charge is 2.23. The minimum absolute atomic E-state index is 0.106. The van der Waals surface area contributed by atoms with E-state index in [0.29, 0.717) is 0 Å². The number of H-pyrrole nitrogens is 1. The molecule has 5 heteroatoms. The SMILES string of the molecule is Cc1nc(C(C)(C)C)sc1C(C)Nc1c(C)n[nH]c1C. The molecule has 0 saturated carbocycles. The Labute approximate surface area is 125 Å².